The number of phenols is 1. The smallest absolute Gasteiger partial charge is 0.117 e. The van der Waals surface area contributed by atoms with E-state index in [0.717, 1.165) is 11.0 Å². The molecular formula is C15H15NO. The SMILES string of the molecule is CC(C)c1cc(O)cc2[nH]c3ccccc3c12. The molecule has 1 aromatic heterocycles. The highest BCUT2D eigenvalue weighted by Gasteiger charge is 2.12. The van der Waals surface area contributed by atoms with Crippen LogP contribution in [0, 0.1) is 0 Å². The predicted octanol–water partition coefficient (Wildman–Crippen LogP) is 4.15. The van der Waals surface area contributed by atoms with Gasteiger partial charge in [-0.1, -0.05) is 32.0 Å². The molecule has 0 aliphatic rings. The molecule has 0 aliphatic carbocycles. The zero-order chi connectivity index (χ0) is 12.0. The lowest BCUT2D eigenvalue weighted by atomic mass is 9.97. The molecule has 0 saturated heterocycles. The zero-order valence-corrected chi connectivity index (χ0v) is 9.99. The quantitative estimate of drug-likeness (QED) is 0.641. The van der Waals surface area contributed by atoms with Crippen LogP contribution < -0.4 is 0 Å². The number of aromatic amines is 1. The van der Waals surface area contributed by atoms with Crippen molar-refractivity contribution in [3.63, 3.8) is 0 Å². The minimum Gasteiger partial charge on any atom is -0.508 e. The summed E-state index contributed by atoms with van der Waals surface area (Å²) in [5, 5.41) is 12.2. The number of nitrogens with one attached hydrogen (secondary N) is 1. The fourth-order valence-electron chi connectivity index (χ4n) is 2.46. The fourth-order valence-corrected chi connectivity index (χ4v) is 2.46. The van der Waals surface area contributed by atoms with Gasteiger partial charge in [0.2, 0.25) is 0 Å². The standard InChI is InChI=1S/C15H15NO/c1-9(2)12-7-10(17)8-14-15(12)11-5-3-4-6-13(11)16-14/h3-9,16-17H,1-2H3. The van der Waals surface area contributed by atoms with Gasteiger partial charge in [0, 0.05) is 22.4 Å². The number of rotatable bonds is 1. The summed E-state index contributed by atoms with van der Waals surface area (Å²) < 4.78 is 0. The monoisotopic (exact) mass is 225 g/mol. The van der Waals surface area contributed by atoms with Crippen LogP contribution in [0.25, 0.3) is 21.8 Å². The molecule has 2 N–H and O–H groups in total. The highest BCUT2D eigenvalue weighted by molar-refractivity contribution is 6.09. The van der Waals surface area contributed by atoms with Crippen LogP contribution in [0.4, 0.5) is 0 Å². The highest BCUT2D eigenvalue weighted by Crippen LogP contribution is 2.34. The lowest BCUT2D eigenvalue weighted by molar-refractivity contribution is 0.475. The van der Waals surface area contributed by atoms with Crippen molar-refractivity contribution in [2.45, 2.75) is 19.8 Å². The number of fused-ring (bicyclic) bond motifs is 3. The Morgan fingerprint density at radius 1 is 1.06 bits per heavy atom. The van der Waals surface area contributed by atoms with Gasteiger partial charge in [-0.3, -0.25) is 0 Å². The van der Waals surface area contributed by atoms with Gasteiger partial charge in [0.25, 0.3) is 0 Å². The van der Waals surface area contributed by atoms with Crippen LogP contribution in [0.5, 0.6) is 5.75 Å². The van der Waals surface area contributed by atoms with Gasteiger partial charge in [0.15, 0.2) is 0 Å². The van der Waals surface area contributed by atoms with Gasteiger partial charge in [-0.05, 0) is 23.6 Å². The van der Waals surface area contributed by atoms with Crippen LogP contribution in [-0.4, -0.2) is 10.1 Å². The number of H-pyrrole nitrogens is 1. The van der Waals surface area contributed by atoms with Crippen molar-refractivity contribution >= 4 is 21.8 Å². The molecule has 2 nitrogen and oxygen atoms in total. The van der Waals surface area contributed by atoms with E-state index in [1.807, 2.05) is 18.2 Å². The maximum Gasteiger partial charge on any atom is 0.117 e. The Labute approximate surface area is 99.9 Å². The Bertz CT molecular complexity index is 695. The van der Waals surface area contributed by atoms with E-state index in [1.54, 1.807) is 6.07 Å². The van der Waals surface area contributed by atoms with E-state index < -0.39 is 0 Å². The van der Waals surface area contributed by atoms with Crippen molar-refractivity contribution in [3.05, 3.63) is 42.0 Å². The Hall–Kier alpha value is -1.96. The van der Waals surface area contributed by atoms with Gasteiger partial charge in [0.1, 0.15) is 5.75 Å². The van der Waals surface area contributed by atoms with Gasteiger partial charge in [0.05, 0.1) is 5.52 Å². The summed E-state index contributed by atoms with van der Waals surface area (Å²) in [6, 6.07) is 11.9. The first-order valence-corrected chi connectivity index (χ1v) is 5.90. The molecule has 17 heavy (non-hydrogen) atoms. The van der Waals surface area contributed by atoms with Crippen molar-refractivity contribution in [3.8, 4) is 5.75 Å². The number of hydrogen-bond acceptors (Lipinski definition) is 1. The van der Waals surface area contributed by atoms with E-state index in [2.05, 4.69) is 31.0 Å². The second kappa shape index (κ2) is 3.52. The molecule has 0 fully saturated rings. The number of aromatic hydroxyl groups is 1. The maximum atomic E-state index is 9.77. The minimum atomic E-state index is 0.327. The van der Waals surface area contributed by atoms with Crippen molar-refractivity contribution in [1.82, 2.24) is 4.98 Å². The zero-order valence-electron chi connectivity index (χ0n) is 9.99. The van der Waals surface area contributed by atoms with E-state index in [-0.39, 0.29) is 0 Å². The first-order valence-electron chi connectivity index (χ1n) is 5.90. The largest absolute Gasteiger partial charge is 0.508 e. The van der Waals surface area contributed by atoms with Gasteiger partial charge in [-0.2, -0.15) is 0 Å². The molecule has 0 atom stereocenters. The Kier molecular flexibility index (Phi) is 2.11. The van der Waals surface area contributed by atoms with Crippen LogP contribution >= 0.6 is 0 Å². The van der Waals surface area contributed by atoms with Crippen molar-refractivity contribution in [1.29, 1.82) is 0 Å². The third-order valence-electron chi connectivity index (χ3n) is 3.24. The molecule has 0 spiro atoms. The predicted molar refractivity (Wildman–Crippen MR) is 71.6 cm³/mol. The number of hydrogen-bond donors (Lipinski definition) is 2. The summed E-state index contributed by atoms with van der Waals surface area (Å²) in [4.78, 5) is 3.35. The Balaban J connectivity index is 2.53. The van der Waals surface area contributed by atoms with Crippen molar-refractivity contribution in [2.24, 2.45) is 0 Å². The molecule has 2 heteroatoms. The molecule has 3 aromatic rings. The Morgan fingerprint density at radius 2 is 1.82 bits per heavy atom. The first kappa shape index (κ1) is 10.2. The fraction of sp³-hybridized carbons (Fsp3) is 0.200. The highest BCUT2D eigenvalue weighted by atomic mass is 16.3. The third kappa shape index (κ3) is 1.48. The van der Waals surface area contributed by atoms with Crippen LogP contribution in [0.1, 0.15) is 25.3 Å². The van der Waals surface area contributed by atoms with E-state index in [9.17, 15) is 5.11 Å². The molecular weight excluding hydrogens is 210 g/mol. The molecule has 0 radical (unpaired) electrons. The van der Waals surface area contributed by atoms with Gasteiger partial charge in [-0.15, -0.1) is 0 Å². The molecule has 0 bridgehead atoms. The van der Waals surface area contributed by atoms with Crippen LogP contribution in [0.2, 0.25) is 0 Å². The summed E-state index contributed by atoms with van der Waals surface area (Å²) in [7, 11) is 0. The van der Waals surface area contributed by atoms with Crippen LogP contribution in [0.3, 0.4) is 0 Å². The second-order valence-corrected chi connectivity index (χ2v) is 4.78. The van der Waals surface area contributed by atoms with Crippen molar-refractivity contribution < 1.29 is 5.11 Å². The first-order chi connectivity index (χ1) is 8.16. The molecule has 0 aliphatic heterocycles. The lowest BCUT2D eigenvalue weighted by Gasteiger charge is -2.08. The van der Waals surface area contributed by atoms with E-state index in [1.165, 1.54) is 16.3 Å². The van der Waals surface area contributed by atoms with Gasteiger partial charge >= 0.3 is 0 Å². The number of benzene rings is 2. The number of phenolic OH excluding ortho intramolecular Hbond substituents is 1. The molecule has 0 saturated carbocycles. The van der Waals surface area contributed by atoms with Gasteiger partial charge < -0.3 is 10.1 Å². The van der Waals surface area contributed by atoms with Crippen molar-refractivity contribution in [2.75, 3.05) is 0 Å². The van der Waals surface area contributed by atoms with E-state index in [0.29, 0.717) is 11.7 Å². The molecule has 1 heterocycles. The molecule has 0 amide bonds. The Morgan fingerprint density at radius 3 is 2.59 bits per heavy atom. The summed E-state index contributed by atoms with van der Waals surface area (Å²) in [6.07, 6.45) is 0. The third-order valence-corrected chi connectivity index (χ3v) is 3.24. The summed E-state index contributed by atoms with van der Waals surface area (Å²) in [5.41, 5.74) is 3.32. The average Bonchev–Trinajstić information content (AvgIpc) is 2.65. The van der Waals surface area contributed by atoms with E-state index >= 15 is 0 Å². The maximum absolute atomic E-state index is 9.77. The topological polar surface area (TPSA) is 36.0 Å². The minimum absolute atomic E-state index is 0.327. The molecule has 0 unspecified atom stereocenters. The summed E-state index contributed by atoms with van der Waals surface area (Å²) in [5.74, 6) is 0.719. The molecule has 3 rings (SSSR count). The van der Waals surface area contributed by atoms with Crippen LogP contribution in [0.15, 0.2) is 36.4 Å². The number of aromatic nitrogens is 1. The van der Waals surface area contributed by atoms with E-state index in [4.69, 9.17) is 0 Å². The molecule has 86 valence electrons. The van der Waals surface area contributed by atoms with Crippen LogP contribution in [-0.2, 0) is 0 Å². The molecule has 2 aromatic carbocycles. The normalized spacial score (nSPS) is 11.7. The number of para-hydroxylation sites is 1. The average molecular weight is 225 g/mol. The second-order valence-electron chi connectivity index (χ2n) is 4.78. The van der Waals surface area contributed by atoms with Gasteiger partial charge in [-0.25, -0.2) is 0 Å². The summed E-state index contributed by atoms with van der Waals surface area (Å²) in [6.45, 7) is 4.30. The lowest BCUT2D eigenvalue weighted by Crippen LogP contribution is -1.88. The summed E-state index contributed by atoms with van der Waals surface area (Å²) >= 11 is 0.